The smallest absolute Gasteiger partial charge is 0.251 e. The van der Waals surface area contributed by atoms with E-state index < -0.39 is 0 Å². The summed E-state index contributed by atoms with van der Waals surface area (Å²) in [7, 11) is 0. The van der Waals surface area contributed by atoms with Gasteiger partial charge in [0.1, 0.15) is 0 Å². The molecule has 5 rings (SSSR count). The summed E-state index contributed by atoms with van der Waals surface area (Å²) in [4.78, 5) is 15.0. The predicted octanol–water partition coefficient (Wildman–Crippen LogP) is 2.07. The monoisotopic (exact) mass is 283 g/mol. The zero-order chi connectivity index (χ0) is 14.4. The number of piperidine rings is 3. The first-order valence-electron chi connectivity index (χ1n) is 7.80. The molecule has 3 aliphatic heterocycles. The Bertz CT molecular complexity index is 682. The summed E-state index contributed by atoms with van der Waals surface area (Å²) < 4.78 is 2.06. The molecular weight excluding hydrogens is 262 g/mol. The van der Waals surface area contributed by atoms with Crippen LogP contribution in [0.1, 0.15) is 28.8 Å². The number of pyridine rings is 1. The molecule has 1 atom stereocenters. The lowest BCUT2D eigenvalue weighted by Gasteiger charge is -2.44. The molecule has 0 saturated carbocycles. The van der Waals surface area contributed by atoms with E-state index in [0.717, 1.165) is 17.6 Å². The molecule has 110 valence electrons. The van der Waals surface area contributed by atoms with Crippen molar-refractivity contribution in [2.75, 3.05) is 19.6 Å². The lowest BCUT2D eigenvalue weighted by molar-refractivity contribution is 0.0620. The fraction of sp³-hybridized carbons (Fsp3) is 0.471. The lowest BCUT2D eigenvalue weighted by Crippen LogP contribution is -2.57. The van der Waals surface area contributed by atoms with Crippen LogP contribution in [0.5, 0.6) is 0 Å². The molecule has 5 heterocycles. The van der Waals surface area contributed by atoms with Gasteiger partial charge in [0.05, 0.1) is 0 Å². The third-order valence-corrected chi connectivity index (χ3v) is 4.97. The lowest BCUT2D eigenvalue weighted by atomic mass is 9.84. The van der Waals surface area contributed by atoms with Crippen molar-refractivity contribution in [1.82, 2.24) is 14.6 Å². The summed E-state index contributed by atoms with van der Waals surface area (Å²) in [6.07, 6.45) is 6.49. The topological polar surface area (TPSA) is 36.8 Å². The normalized spacial score (nSPS) is 28.0. The van der Waals surface area contributed by atoms with E-state index in [9.17, 15) is 4.79 Å². The van der Waals surface area contributed by atoms with E-state index in [2.05, 4.69) is 33.8 Å². The number of nitrogens with zero attached hydrogens (tertiary/aromatic N) is 2. The first-order valence-corrected chi connectivity index (χ1v) is 7.80. The van der Waals surface area contributed by atoms with Gasteiger partial charge >= 0.3 is 0 Å². The number of carbonyl (C=O) groups excluding carboxylic acids is 1. The molecule has 3 fully saturated rings. The van der Waals surface area contributed by atoms with Gasteiger partial charge < -0.3 is 14.6 Å². The summed E-state index contributed by atoms with van der Waals surface area (Å²) in [5.74, 6) is 0.730. The van der Waals surface area contributed by atoms with E-state index in [1.165, 1.54) is 31.5 Å². The highest BCUT2D eigenvalue weighted by molar-refractivity contribution is 5.95. The van der Waals surface area contributed by atoms with Crippen molar-refractivity contribution in [2.24, 2.45) is 5.92 Å². The summed E-state index contributed by atoms with van der Waals surface area (Å²) in [5.41, 5.74) is 3.05. The highest BCUT2D eigenvalue weighted by atomic mass is 16.1. The summed E-state index contributed by atoms with van der Waals surface area (Å²) >= 11 is 0. The Labute approximate surface area is 124 Å². The second-order valence-corrected chi connectivity index (χ2v) is 6.48. The second-order valence-electron chi connectivity index (χ2n) is 6.48. The van der Waals surface area contributed by atoms with Crippen LogP contribution in [0.4, 0.5) is 0 Å². The number of amides is 1. The average Bonchev–Trinajstić information content (AvgIpc) is 2.87. The average molecular weight is 283 g/mol. The van der Waals surface area contributed by atoms with E-state index in [1.54, 1.807) is 0 Å². The predicted molar refractivity (Wildman–Crippen MR) is 82.6 cm³/mol. The van der Waals surface area contributed by atoms with Crippen LogP contribution >= 0.6 is 0 Å². The Balaban J connectivity index is 1.53. The van der Waals surface area contributed by atoms with Gasteiger partial charge in [-0.1, -0.05) is 0 Å². The van der Waals surface area contributed by atoms with Crippen LogP contribution in [0.2, 0.25) is 0 Å². The van der Waals surface area contributed by atoms with E-state index in [1.807, 2.05) is 18.3 Å². The Kier molecular flexibility index (Phi) is 3.00. The van der Waals surface area contributed by atoms with Crippen molar-refractivity contribution < 1.29 is 4.79 Å². The van der Waals surface area contributed by atoms with E-state index >= 15 is 0 Å². The first-order chi connectivity index (χ1) is 10.2. The van der Waals surface area contributed by atoms with Crippen molar-refractivity contribution >= 4 is 11.4 Å². The highest BCUT2D eigenvalue weighted by Gasteiger charge is 2.34. The Morgan fingerprint density at radius 3 is 2.81 bits per heavy atom. The minimum atomic E-state index is 0.0649. The molecular formula is C17H21N3O. The zero-order valence-electron chi connectivity index (χ0n) is 12.4. The van der Waals surface area contributed by atoms with Gasteiger partial charge in [0.25, 0.3) is 5.91 Å². The fourth-order valence-corrected chi connectivity index (χ4v) is 3.77. The molecule has 1 amide bonds. The number of hydrogen-bond donors (Lipinski definition) is 1. The molecule has 2 aromatic heterocycles. The van der Waals surface area contributed by atoms with Crippen LogP contribution in [0.25, 0.3) is 5.52 Å². The standard InChI is InChI=1S/C17H21N3O/c1-12-8-15-9-14(4-7-20(15)10-12)17(21)18-16-11-19-5-2-13(16)3-6-19/h4,7-10,13,16H,2-3,5-6,11H2,1H3,(H,18,21)/t16-/m0/s1. The number of rotatable bonds is 2. The van der Waals surface area contributed by atoms with Gasteiger partial charge in [-0.25, -0.2) is 0 Å². The zero-order valence-corrected chi connectivity index (χ0v) is 12.4. The third-order valence-electron chi connectivity index (χ3n) is 4.97. The third kappa shape index (κ3) is 2.33. The van der Waals surface area contributed by atoms with Gasteiger partial charge in [-0.2, -0.15) is 0 Å². The molecule has 0 aromatic carbocycles. The van der Waals surface area contributed by atoms with Gasteiger partial charge in [0.2, 0.25) is 0 Å². The van der Waals surface area contributed by atoms with E-state index in [-0.39, 0.29) is 5.91 Å². The second kappa shape index (κ2) is 4.88. The van der Waals surface area contributed by atoms with Gasteiger partial charge in [-0.15, -0.1) is 0 Å². The van der Waals surface area contributed by atoms with Gasteiger partial charge in [0.15, 0.2) is 0 Å². The number of carbonyl (C=O) groups is 1. The molecule has 1 N–H and O–H groups in total. The summed E-state index contributed by atoms with van der Waals surface area (Å²) in [6.45, 7) is 5.49. The molecule has 3 saturated heterocycles. The fourth-order valence-electron chi connectivity index (χ4n) is 3.77. The molecule has 3 aliphatic rings. The minimum absolute atomic E-state index is 0.0649. The summed E-state index contributed by atoms with van der Waals surface area (Å²) in [5, 5.41) is 3.25. The molecule has 4 heteroatoms. The largest absolute Gasteiger partial charge is 0.348 e. The highest BCUT2D eigenvalue weighted by Crippen LogP contribution is 2.27. The maximum Gasteiger partial charge on any atom is 0.251 e. The van der Waals surface area contributed by atoms with Crippen LogP contribution < -0.4 is 5.32 Å². The molecule has 0 unspecified atom stereocenters. The van der Waals surface area contributed by atoms with Crippen molar-refractivity contribution in [2.45, 2.75) is 25.8 Å². The molecule has 4 nitrogen and oxygen atoms in total. The number of nitrogens with one attached hydrogen (secondary N) is 1. The molecule has 2 aromatic rings. The van der Waals surface area contributed by atoms with Crippen molar-refractivity contribution in [3.05, 3.63) is 41.7 Å². The van der Waals surface area contributed by atoms with Gasteiger partial charge in [0, 0.05) is 36.1 Å². The number of aryl methyl sites for hydroxylation is 1. The molecule has 0 spiro atoms. The number of hydrogen-bond acceptors (Lipinski definition) is 2. The van der Waals surface area contributed by atoms with Crippen LogP contribution in [0, 0.1) is 12.8 Å². The number of aromatic nitrogens is 1. The maximum atomic E-state index is 12.5. The number of fused-ring (bicyclic) bond motifs is 4. The van der Waals surface area contributed by atoms with Crippen LogP contribution in [0.3, 0.4) is 0 Å². The Hall–Kier alpha value is -1.81. The molecule has 21 heavy (non-hydrogen) atoms. The van der Waals surface area contributed by atoms with Crippen molar-refractivity contribution in [1.29, 1.82) is 0 Å². The SMILES string of the molecule is Cc1cc2cc(C(=O)N[C@H]3CN4CCC3CC4)ccn2c1. The van der Waals surface area contributed by atoms with Crippen molar-refractivity contribution in [3.63, 3.8) is 0 Å². The molecule has 2 bridgehead atoms. The van der Waals surface area contributed by atoms with Crippen LogP contribution in [-0.4, -0.2) is 40.9 Å². The van der Waals surface area contributed by atoms with Crippen LogP contribution in [-0.2, 0) is 0 Å². The summed E-state index contributed by atoms with van der Waals surface area (Å²) in [6, 6.07) is 6.31. The van der Waals surface area contributed by atoms with E-state index in [0.29, 0.717) is 12.0 Å². The Morgan fingerprint density at radius 1 is 1.29 bits per heavy atom. The first kappa shape index (κ1) is 12.9. The Morgan fingerprint density at radius 2 is 2.10 bits per heavy atom. The quantitative estimate of drug-likeness (QED) is 0.916. The van der Waals surface area contributed by atoms with E-state index in [4.69, 9.17) is 0 Å². The maximum absolute atomic E-state index is 12.5. The minimum Gasteiger partial charge on any atom is -0.348 e. The van der Waals surface area contributed by atoms with Crippen molar-refractivity contribution in [3.8, 4) is 0 Å². The van der Waals surface area contributed by atoms with Gasteiger partial charge in [-0.05, 0) is 62.5 Å². The van der Waals surface area contributed by atoms with Gasteiger partial charge in [-0.3, -0.25) is 4.79 Å². The molecule has 0 aliphatic carbocycles. The van der Waals surface area contributed by atoms with Crippen LogP contribution in [0.15, 0.2) is 30.6 Å². The molecule has 0 radical (unpaired) electrons.